The zero-order chi connectivity index (χ0) is 13.3. The van der Waals surface area contributed by atoms with Crippen LogP contribution in [0.5, 0.6) is 0 Å². The molecule has 0 aliphatic rings. The third kappa shape index (κ3) is 2.33. The van der Waals surface area contributed by atoms with Crippen LogP contribution in [0.25, 0.3) is 11.5 Å². The number of nitrogens with two attached hydrogens (primary N) is 1. The Morgan fingerprint density at radius 2 is 2.11 bits per heavy atom. The molecular weight excluding hydrogens is 341 g/mol. The molecule has 0 bridgehead atoms. The molecule has 0 aromatic carbocycles. The highest BCUT2D eigenvalue weighted by Crippen LogP contribution is 2.26. The Morgan fingerprint density at radius 1 is 1.39 bits per heavy atom. The van der Waals surface area contributed by atoms with Gasteiger partial charge in [-0.25, -0.2) is 15.0 Å². The van der Waals surface area contributed by atoms with Crippen molar-refractivity contribution in [3.05, 3.63) is 21.8 Å². The van der Waals surface area contributed by atoms with E-state index in [1.165, 1.54) is 0 Å². The molecule has 6 heteroatoms. The number of aryl methyl sites for hydroxylation is 1. The number of hydrogen-bond donors (Lipinski definition) is 1. The summed E-state index contributed by atoms with van der Waals surface area (Å²) in [6, 6.07) is 0. The molecule has 0 spiro atoms. The Hall–Kier alpha value is -1.18. The fraction of sp³-hybridized carbons (Fsp3) is 0.417. The SMILES string of the molecule is CCn1cncc1-c1nc(N)c(I)c(C(C)C)n1. The molecule has 0 atom stereocenters. The smallest absolute Gasteiger partial charge is 0.180 e. The predicted molar refractivity (Wildman–Crippen MR) is 80.1 cm³/mol. The van der Waals surface area contributed by atoms with Gasteiger partial charge in [-0.2, -0.15) is 0 Å². The van der Waals surface area contributed by atoms with Gasteiger partial charge in [-0.1, -0.05) is 13.8 Å². The molecular formula is C12H16IN5. The minimum atomic E-state index is 0.318. The van der Waals surface area contributed by atoms with E-state index in [-0.39, 0.29) is 0 Å². The number of rotatable bonds is 3. The standard InChI is InChI=1S/C12H16IN5/c1-4-18-6-15-5-8(18)12-16-10(7(2)3)9(13)11(14)17-12/h5-7H,4H2,1-3H3,(H2,14,16,17). The first-order valence-corrected chi connectivity index (χ1v) is 6.95. The molecule has 5 nitrogen and oxygen atoms in total. The van der Waals surface area contributed by atoms with Crippen LogP contribution < -0.4 is 5.73 Å². The normalized spacial score (nSPS) is 11.2. The summed E-state index contributed by atoms with van der Waals surface area (Å²) in [5, 5.41) is 0. The quantitative estimate of drug-likeness (QED) is 0.858. The van der Waals surface area contributed by atoms with Crippen LogP contribution in [0, 0.1) is 3.57 Å². The van der Waals surface area contributed by atoms with Gasteiger partial charge in [0.2, 0.25) is 0 Å². The van der Waals surface area contributed by atoms with E-state index < -0.39 is 0 Å². The average Bonchev–Trinajstić information content (AvgIpc) is 2.80. The van der Waals surface area contributed by atoms with E-state index in [4.69, 9.17) is 5.73 Å². The maximum atomic E-state index is 5.97. The van der Waals surface area contributed by atoms with Gasteiger partial charge < -0.3 is 10.3 Å². The van der Waals surface area contributed by atoms with E-state index in [0.29, 0.717) is 17.6 Å². The van der Waals surface area contributed by atoms with Crippen LogP contribution in [0.1, 0.15) is 32.4 Å². The lowest BCUT2D eigenvalue weighted by Gasteiger charge is -2.12. The Morgan fingerprint density at radius 3 is 2.72 bits per heavy atom. The number of hydrogen-bond acceptors (Lipinski definition) is 4. The predicted octanol–water partition coefficient (Wildman–Crippen LogP) is 2.67. The zero-order valence-corrected chi connectivity index (χ0v) is 12.8. The topological polar surface area (TPSA) is 69.6 Å². The summed E-state index contributed by atoms with van der Waals surface area (Å²) in [7, 11) is 0. The fourth-order valence-electron chi connectivity index (χ4n) is 1.74. The minimum Gasteiger partial charge on any atom is -0.383 e. The van der Waals surface area contributed by atoms with Crippen LogP contribution in [-0.2, 0) is 6.54 Å². The fourth-order valence-corrected chi connectivity index (χ4v) is 2.60. The summed E-state index contributed by atoms with van der Waals surface area (Å²) in [5.74, 6) is 1.50. The zero-order valence-electron chi connectivity index (χ0n) is 10.7. The van der Waals surface area contributed by atoms with E-state index >= 15 is 0 Å². The van der Waals surface area contributed by atoms with Crippen molar-refractivity contribution >= 4 is 28.4 Å². The summed E-state index contributed by atoms with van der Waals surface area (Å²) in [6.45, 7) is 7.10. The largest absolute Gasteiger partial charge is 0.383 e. The van der Waals surface area contributed by atoms with Crippen molar-refractivity contribution in [2.45, 2.75) is 33.2 Å². The molecule has 2 rings (SSSR count). The van der Waals surface area contributed by atoms with Crippen LogP contribution >= 0.6 is 22.6 Å². The van der Waals surface area contributed by atoms with Crippen molar-refractivity contribution < 1.29 is 0 Å². The lowest BCUT2D eigenvalue weighted by molar-refractivity contribution is 0.757. The third-order valence-corrected chi connectivity index (χ3v) is 3.84. The number of nitrogen functional groups attached to an aromatic ring is 1. The Labute approximate surface area is 120 Å². The number of aromatic nitrogens is 4. The van der Waals surface area contributed by atoms with E-state index in [1.807, 2.05) is 4.57 Å². The van der Waals surface area contributed by atoms with Crippen LogP contribution in [0.2, 0.25) is 0 Å². The van der Waals surface area contributed by atoms with E-state index in [2.05, 4.69) is 58.3 Å². The van der Waals surface area contributed by atoms with Gasteiger partial charge in [-0.3, -0.25) is 0 Å². The van der Waals surface area contributed by atoms with Gasteiger partial charge in [0.1, 0.15) is 11.5 Å². The summed E-state index contributed by atoms with van der Waals surface area (Å²) in [5.41, 5.74) is 7.86. The van der Waals surface area contributed by atoms with Gasteiger partial charge in [0.05, 0.1) is 21.8 Å². The molecule has 2 heterocycles. The molecule has 2 aromatic rings. The maximum Gasteiger partial charge on any atom is 0.180 e. The summed E-state index contributed by atoms with van der Waals surface area (Å²) in [6.07, 6.45) is 3.55. The molecule has 0 fully saturated rings. The highest BCUT2D eigenvalue weighted by atomic mass is 127. The monoisotopic (exact) mass is 357 g/mol. The lowest BCUT2D eigenvalue weighted by atomic mass is 10.1. The summed E-state index contributed by atoms with van der Waals surface area (Å²) < 4.78 is 2.94. The number of nitrogens with zero attached hydrogens (tertiary/aromatic N) is 4. The first-order valence-electron chi connectivity index (χ1n) is 5.88. The molecule has 2 aromatic heterocycles. The average molecular weight is 357 g/mol. The highest BCUT2D eigenvalue weighted by molar-refractivity contribution is 14.1. The molecule has 0 aliphatic carbocycles. The first-order chi connectivity index (χ1) is 8.54. The number of imidazole rings is 1. The highest BCUT2D eigenvalue weighted by Gasteiger charge is 2.15. The second-order valence-corrected chi connectivity index (χ2v) is 5.43. The number of anilines is 1. The second kappa shape index (κ2) is 5.21. The Kier molecular flexibility index (Phi) is 3.84. The molecule has 0 saturated carbocycles. The molecule has 96 valence electrons. The van der Waals surface area contributed by atoms with E-state index in [0.717, 1.165) is 21.5 Å². The minimum absolute atomic E-state index is 0.318. The summed E-state index contributed by atoms with van der Waals surface area (Å²) >= 11 is 2.20. The Bertz CT molecular complexity index is 562. The Balaban J connectivity index is 2.59. The van der Waals surface area contributed by atoms with Crippen LogP contribution in [-0.4, -0.2) is 19.5 Å². The van der Waals surface area contributed by atoms with Crippen LogP contribution in [0.3, 0.4) is 0 Å². The first kappa shape index (κ1) is 13.3. The van der Waals surface area contributed by atoms with Gasteiger partial charge in [-0.05, 0) is 35.4 Å². The van der Waals surface area contributed by atoms with Crippen molar-refractivity contribution in [3.63, 3.8) is 0 Å². The molecule has 2 N–H and O–H groups in total. The van der Waals surface area contributed by atoms with Gasteiger partial charge >= 0.3 is 0 Å². The van der Waals surface area contributed by atoms with Gasteiger partial charge in [-0.15, -0.1) is 0 Å². The van der Waals surface area contributed by atoms with Gasteiger partial charge in [0, 0.05) is 6.54 Å². The summed E-state index contributed by atoms with van der Waals surface area (Å²) in [4.78, 5) is 13.1. The van der Waals surface area contributed by atoms with Crippen molar-refractivity contribution in [1.29, 1.82) is 0 Å². The van der Waals surface area contributed by atoms with Crippen molar-refractivity contribution in [1.82, 2.24) is 19.5 Å². The van der Waals surface area contributed by atoms with Gasteiger partial charge in [0.25, 0.3) is 0 Å². The molecule has 0 unspecified atom stereocenters. The third-order valence-electron chi connectivity index (χ3n) is 2.73. The molecule has 0 amide bonds. The van der Waals surface area contributed by atoms with Gasteiger partial charge in [0.15, 0.2) is 5.82 Å². The van der Waals surface area contributed by atoms with E-state index in [9.17, 15) is 0 Å². The second-order valence-electron chi connectivity index (χ2n) is 4.35. The van der Waals surface area contributed by atoms with Crippen molar-refractivity contribution in [2.75, 3.05) is 5.73 Å². The van der Waals surface area contributed by atoms with Crippen molar-refractivity contribution in [2.24, 2.45) is 0 Å². The van der Waals surface area contributed by atoms with Crippen molar-refractivity contribution in [3.8, 4) is 11.5 Å². The lowest BCUT2D eigenvalue weighted by Crippen LogP contribution is -2.08. The maximum absolute atomic E-state index is 5.97. The van der Waals surface area contributed by atoms with Crippen LogP contribution in [0.4, 0.5) is 5.82 Å². The molecule has 0 radical (unpaired) electrons. The van der Waals surface area contributed by atoms with E-state index in [1.54, 1.807) is 12.5 Å². The molecule has 18 heavy (non-hydrogen) atoms. The van der Waals surface area contributed by atoms with Crippen LogP contribution in [0.15, 0.2) is 12.5 Å². The molecule has 0 aliphatic heterocycles. The number of halogens is 1. The molecule has 0 saturated heterocycles.